The van der Waals surface area contributed by atoms with Crippen LogP contribution < -0.4 is 16.0 Å². The topological polar surface area (TPSA) is 92.2 Å². The predicted octanol–water partition coefficient (Wildman–Crippen LogP) is 3.08. The van der Waals surface area contributed by atoms with Crippen LogP contribution in [0.15, 0.2) is 54.7 Å². The van der Waals surface area contributed by atoms with Crippen LogP contribution in [0.2, 0.25) is 0 Å². The summed E-state index contributed by atoms with van der Waals surface area (Å²) in [7, 11) is 0. The van der Waals surface area contributed by atoms with E-state index in [1.165, 1.54) is 0 Å². The summed E-state index contributed by atoms with van der Waals surface area (Å²) < 4.78 is 1.87. The Morgan fingerprint density at radius 3 is 2.83 bits per heavy atom. The Labute approximate surface area is 178 Å². The van der Waals surface area contributed by atoms with Crippen molar-refractivity contribution in [3.8, 4) is 0 Å². The summed E-state index contributed by atoms with van der Waals surface area (Å²) in [4.78, 5) is 37.6. The van der Waals surface area contributed by atoms with Gasteiger partial charge in [0.25, 0.3) is 5.91 Å². The summed E-state index contributed by atoms with van der Waals surface area (Å²) in [5, 5.41) is 9.48. The van der Waals surface area contributed by atoms with Crippen LogP contribution in [0.5, 0.6) is 0 Å². The molecule has 154 valence electrons. The van der Waals surface area contributed by atoms with E-state index in [0.717, 1.165) is 16.7 Å². The van der Waals surface area contributed by atoms with Gasteiger partial charge < -0.3 is 20.5 Å². The lowest BCUT2D eigenvalue weighted by Crippen LogP contribution is -2.41. The molecule has 1 atom stereocenters. The lowest BCUT2D eigenvalue weighted by molar-refractivity contribution is -0.118. The minimum absolute atomic E-state index is 0.157. The van der Waals surface area contributed by atoms with E-state index < -0.39 is 6.04 Å². The van der Waals surface area contributed by atoms with Crippen LogP contribution in [0.1, 0.15) is 16.8 Å². The number of amides is 3. The molecule has 4 rings (SSSR count). The third kappa shape index (κ3) is 4.18. The molecule has 8 heteroatoms. The van der Waals surface area contributed by atoms with Crippen molar-refractivity contribution in [2.45, 2.75) is 19.0 Å². The van der Waals surface area contributed by atoms with Crippen molar-refractivity contribution in [3.05, 3.63) is 60.3 Å². The van der Waals surface area contributed by atoms with Crippen molar-refractivity contribution in [3.63, 3.8) is 0 Å². The third-order valence-electron chi connectivity index (χ3n) is 5.03. The van der Waals surface area contributed by atoms with Gasteiger partial charge in [0.2, 0.25) is 11.8 Å². The molecule has 1 aliphatic heterocycles. The van der Waals surface area contributed by atoms with E-state index in [-0.39, 0.29) is 24.3 Å². The highest BCUT2D eigenvalue weighted by molar-refractivity contribution is 7.98. The van der Waals surface area contributed by atoms with Crippen molar-refractivity contribution < 1.29 is 14.4 Å². The number of rotatable bonds is 6. The van der Waals surface area contributed by atoms with Gasteiger partial charge in [0.15, 0.2) is 0 Å². The molecule has 1 aromatic heterocycles. The Morgan fingerprint density at radius 1 is 1.17 bits per heavy atom. The van der Waals surface area contributed by atoms with Gasteiger partial charge in [-0.05, 0) is 54.1 Å². The Hall–Kier alpha value is -3.26. The molecular formula is C22H22N4O3S. The van der Waals surface area contributed by atoms with Crippen LogP contribution in [-0.4, -0.2) is 40.3 Å². The van der Waals surface area contributed by atoms with E-state index in [2.05, 4.69) is 16.0 Å². The molecule has 0 saturated heterocycles. The third-order valence-corrected chi connectivity index (χ3v) is 5.68. The molecule has 7 nitrogen and oxygen atoms in total. The summed E-state index contributed by atoms with van der Waals surface area (Å²) in [6.07, 6.45) is 4.39. The molecule has 30 heavy (non-hydrogen) atoms. The van der Waals surface area contributed by atoms with Crippen molar-refractivity contribution in [1.82, 2.24) is 9.88 Å². The summed E-state index contributed by atoms with van der Waals surface area (Å²) in [5.74, 6) is 0.00554. The average molecular weight is 423 g/mol. The Bertz CT molecular complexity index is 1120. The number of nitrogens with one attached hydrogen (secondary N) is 3. The number of carbonyl (C=O) groups excluding carboxylic acids is 3. The van der Waals surface area contributed by atoms with E-state index in [0.29, 0.717) is 23.4 Å². The number of anilines is 2. The quantitative estimate of drug-likeness (QED) is 0.569. The largest absolute Gasteiger partial charge is 0.340 e. The first-order valence-electron chi connectivity index (χ1n) is 9.63. The van der Waals surface area contributed by atoms with E-state index in [9.17, 15) is 14.4 Å². The highest BCUT2D eigenvalue weighted by atomic mass is 32.2. The number of hydrogen-bond donors (Lipinski definition) is 3. The van der Waals surface area contributed by atoms with Crippen LogP contribution in [0, 0.1) is 0 Å². The number of benzene rings is 2. The van der Waals surface area contributed by atoms with Gasteiger partial charge >= 0.3 is 0 Å². The number of thioether (sulfide) groups is 1. The van der Waals surface area contributed by atoms with Gasteiger partial charge in [0, 0.05) is 17.4 Å². The molecule has 0 bridgehead atoms. The summed E-state index contributed by atoms with van der Waals surface area (Å²) in [5.41, 5.74) is 2.26. The van der Waals surface area contributed by atoms with E-state index in [4.69, 9.17) is 0 Å². The van der Waals surface area contributed by atoms with Crippen molar-refractivity contribution in [1.29, 1.82) is 0 Å². The van der Waals surface area contributed by atoms with Crippen LogP contribution in [-0.2, 0) is 16.1 Å². The molecule has 3 amide bonds. The Kier molecular flexibility index (Phi) is 5.76. The first-order valence-corrected chi connectivity index (χ1v) is 11.0. The summed E-state index contributed by atoms with van der Waals surface area (Å²) in [6.45, 7) is 0.157. The van der Waals surface area contributed by atoms with Gasteiger partial charge in [-0.15, -0.1) is 0 Å². The maximum absolute atomic E-state index is 12.6. The molecule has 0 saturated carbocycles. The molecule has 0 radical (unpaired) electrons. The second-order valence-corrected chi connectivity index (χ2v) is 8.09. The smallest absolute Gasteiger partial charge is 0.254 e. The maximum atomic E-state index is 12.6. The highest BCUT2D eigenvalue weighted by Gasteiger charge is 2.27. The van der Waals surface area contributed by atoms with Gasteiger partial charge in [0.1, 0.15) is 12.6 Å². The summed E-state index contributed by atoms with van der Waals surface area (Å²) >= 11 is 1.62. The highest BCUT2D eigenvalue weighted by Crippen LogP contribution is 2.24. The standard InChI is InChI=1S/C22H22N4O3S/c1-30-11-9-18-22(29)24-17-7-6-15(12-16(17)21(28)25-18)23-20(27)13-26-10-8-14-4-2-3-5-19(14)26/h2-8,10,12,18H,9,11,13H2,1H3,(H,23,27)(H,24,29)(H,25,28)/t18-/m1/s1. The van der Waals surface area contributed by atoms with E-state index >= 15 is 0 Å². The van der Waals surface area contributed by atoms with Crippen molar-refractivity contribution >= 4 is 51.8 Å². The van der Waals surface area contributed by atoms with Crippen LogP contribution in [0.3, 0.4) is 0 Å². The average Bonchev–Trinajstić information content (AvgIpc) is 3.09. The number of para-hydroxylation sites is 1. The molecule has 0 spiro atoms. The van der Waals surface area contributed by atoms with Gasteiger partial charge in [-0.1, -0.05) is 18.2 Å². The number of carbonyl (C=O) groups is 3. The van der Waals surface area contributed by atoms with Crippen LogP contribution in [0.25, 0.3) is 10.9 Å². The molecule has 1 aliphatic rings. The molecule has 2 aromatic carbocycles. The maximum Gasteiger partial charge on any atom is 0.254 e. The summed E-state index contributed by atoms with van der Waals surface area (Å²) in [6, 6.07) is 14.2. The zero-order valence-electron chi connectivity index (χ0n) is 16.5. The van der Waals surface area contributed by atoms with Crippen LogP contribution in [0.4, 0.5) is 11.4 Å². The molecule has 3 N–H and O–H groups in total. The normalized spacial score (nSPS) is 15.8. The number of hydrogen-bond acceptors (Lipinski definition) is 4. The second kappa shape index (κ2) is 8.62. The minimum atomic E-state index is -0.572. The minimum Gasteiger partial charge on any atom is -0.340 e. The van der Waals surface area contributed by atoms with Crippen molar-refractivity contribution in [2.75, 3.05) is 22.6 Å². The van der Waals surface area contributed by atoms with Crippen LogP contribution >= 0.6 is 11.8 Å². The molecule has 0 aliphatic carbocycles. The lowest BCUT2D eigenvalue weighted by atomic mass is 10.1. The van der Waals surface area contributed by atoms with E-state index in [1.807, 2.05) is 47.4 Å². The Morgan fingerprint density at radius 2 is 2.00 bits per heavy atom. The molecule has 2 heterocycles. The number of aromatic nitrogens is 1. The fourth-order valence-corrected chi connectivity index (χ4v) is 3.98. The fourth-order valence-electron chi connectivity index (χ4n) is 3.51. The molecule has 0 unspecified atom stereocenters. The van der Waals surface area contributed by atoms with Gasteiger partial charge in [-0.25, -0.2) is 0 Å². The second-order valence-electron chi connectivity index (χ2n) is 7.11. The molecule has 3 aromatic rings. The lowest BCUT2D eigenvalue weighted by Gasteiger charge is -2.13. The number of fused-ring (bicyclic) bond motifs is 2. The van der Waals surface area contributed by atoms with Gasteiger partial charge in [-0.2, -0.15) is 11.8 Å². The molecule has 0 fully saturated rings. The first-order chi connectivity index (χ1) is 14.5. The SMILES string of the molecule is CSCC[C@H]1NC(=O)c2cc(NC(=O)Cn3ccc4ccccc43)ccc2NC1=O. The first kappa shape index (κ1) is 20.0. The van der Waals surface area contributed by atoms with Gasteiger partial charge in [-0.3, -0.25) is 14.4 Å². The predicted molar refractivity (Wildman–Crippen MR) is 120 cm³/mol. The van der Waals surface area contributed by atoms with E-state index in [1.54, 1.807) is 30.0 Å². The van der Waals surface area contributed by atoms with Crippen molar-refractivity contribution in [2.24, 2.45) is 0 Å². The molecular weight excluding hydrogens is 400 g/mol. The Balaban J connectivity index is 1.48. The monoisotopic (exact) mass is 422 g/mol. The van der Waals surface area contributed by atoms with Gasteiger partial charge in [0.05, 0.1) is 11.3 Å². The zero-order valence-corrected chi connectivity index (χ0v) is 17.3. The zero-order chi connectivity index (χ0) is 21.1. The fraction of sp³-hybridized carbons (Fsp3) is 0.227. The number of nitrogens with zero attached hydrogens (tertiary/aromatic N) is 1.